The fourth-order valence-corrected chi connectivity index (χ4v) is 3.14. The predicted molar refractivity (Wildman–Crippen MR) is 92.9 cm³/mol. The van der Waals surface area contributed by atoms with Crippen molar-refractivity contribution in [1.29, 1.82) is 0 Å². The molecule has 1 aromatic carbocycles. The number of anilines is 2. The number of likely N-dealkylation sites (tertiary alicyclic amines) is 1. The second kappa shape index (κ2) is 8.26. The fraction of sp³-hybridized carbons (Fsp3) is 0.556. The number of carbonyl (C=O) groups excluding carboxylic acids is 2. The Balaban J connectivity index is 1.46. The second-order valence-electron chi connectivity index (χ2n) is 6.51. The van der Waals surface area contributed by atoms with E-state index >= 15 is 0 Å². The Hall–Kier alpha value is -1.92. The van der Waals surface area contributed by atoms with Crippen LogP contribution in [0.4, 0.5) is 11.4 Å². The van der Waals surface area contributed by atoms with Gasteiger partial charge in [-0.1, -0.05) is 6.42 Å². The Morgan fingerprint density at radius 3 is 2.33 bits per heavy atom. The lowest BCUT2D eigenvalue weighted by molar-refractivity contribution is -0.120. The number of amides is 2. The van der Waals surface area contributed by atoms with Gasteiger partial charge in [0.15, 0.2) is 0 Å². The lowest BCUT2D eigenvalue weighted by Gasteiger charge is -2.25. The highest BCUT2D eigenvalue weighted by Crippen LogP contribution is 2.18. The van der Waals surface area contributed by atoms with Crippen LogP contribution in [0.5, 0.6) is 0 Å². The Morgan fingerprint density at radius 2 is 1.71 bits per heavy atom. The van der Waals surface area contributed by atoms with E-state index in [1.165, 1.54) is 19.3 Å². The molecule has 2 aliphatic rings. The van der Waals surface area contributed by atoms with E-state index in [-0.39, 0.29) is 17.7 Å². The first kappa shape index (κ1) is 16.9. The van der Waals surface area contributed by atoms with Crippen LogP contribution in [0.25, 0.3) is 0 Å². The van der Waals surface area contributed by atoms with Crippen LogP contribution >= 0.6 is 0 Å². The maximum absolute atomic E-state index is 12.1. The van der Waals surface area contributed by atoms with E-state index in [1.807, 2.05) is 24.3 Å². The summed E-state index contributed by atoms with van der Waals surface area (Å²) in [5, 5.41) is 5.80. The summed E-state index contributed by atoms with van der Waals surface area (Å²) in [6.07, 6.45) is 4.39. The van der Waals surface area contributed by atoms with Gasteiger partial charge in [0.25, 0.3) is 0 Å². The average molecular weight is 331 g/mol. The third-order valence-corrected chi connectivity index (χ3v) is 4.55. The molecule has 2 aliphatic heterocycles. The van der Waals surface area contributed by atoms with Gasteiger partial charge in [-0.2, -0.15) is 0 Å². The quantitative estimate of drug-likeness (QED) is 0.867. The van der Waals surface area contributed by atoms with Gasteiger partial charge < -0.3 is 15.4 Å². The summed E-state index contributed by atoms with van der Waals surface area (Å²) >= 11 is 0. The van der Waals surface area contributed by atoms with Gasteiger partial charge in [0, 0.05) is 18.0 Å². The van der Waals surface area contributed by atoms with E-state index in [2.05, 4.69) is 15.5 Å². The maximum Gasteiger partial charge on any atom is 0.238 e. The van der Waals surface area contributed by atoms with Crippen LogP contribution in [-0.4, -0.2) is 49.6 Å². The third-order valence-electron chi connectivity index (χ3n) is 4.55. The summed E-state index contributed by atoms with van der Waals surface area (Å²) < 4.78 is 5.23. The van der Waals surface area contributed by atoms with Gasteiger partial charge in [-0.3, -0.25) is 14.5 Å². The maximum atomic E-state index is 12.1. The molecule has 1 aromatic rings. The zero-order valence-corrected chi connectivity index (χ0v) is 13.9. The molecule has 0 aromatic heterocycles. The Morgan fingerprint density at radius 1 is 1.04 bits per heavy atom. The van der Waals surface area contributed by atoms with Crippen molar-refractivity contribution in [2.24, 2.45) is 5.92 Å². The van der Waals surface area contributed by atoms with E-state index in [9.17, 15) is 9.59 Å². The van der Waals surface area contributed by atoms with Gasteiger partial charge >= 0.3 is 0 Å². The summed E-state index contributed by atoms with van der Waals surface area (Å²) in [5.41, 5.74) is 1.49. The van der Waals surface area contributed by atoms with Crippen molar-refractivity contribution in [3.8, 4) is 0 Å². The van der Waals surface area contributed by atoms with Crippen molar-refractivity contribution in [3.05, 3.63) is 24.3 Å². The number of piperidine rings is 1. The molecule has 1 atom stereocenters. The van der Waals surface area contributed by atoms with Gasteiger partial charge in [-0.25, -0.2) is 0 Å². The molecule has 24 heavy (non-hydrogen) atoms. The highest BCUT2D eigenvalue weighted by Gasteiger charge is 2.23. The van der Waals surface area contributed by atoms with Gasteiger partial charge in [-0.15, -0.1) is 0 Å². The first-order chi connectivity index (χ1) is 11.7. The minimum atomic E-state index is -0.0612. The van der Waals surface area contributed by atoms with E-state index in [1.54, 1.807) is 0 Å². The standard InChI is InChI=1S/C18H25N3O3/c22-17(12-21-9-2-1-3-10-21)19-15-4-6-16(7-5-15)20-18(23)14-8-11-24-13-14/h4-7,14H,1-3,8-13H2,(H,19,22)(H,20,23). The molecule has 0 bridgehead atoms. The molecule has 2 fully saturated rings. The third kappa shape index (κ3) is 4.79. The Bertz CT molecular complexity index is 561. The molecular formula is C18H25N3O3. The molecule has 2 heterocycles. The molecule has 0 aliphatic carbocycles. The zero-order valence-electron chi connectivity index (χ0n) is 13.9. The summed E-state index contributed by atoms with van der Waals surface area (Å²) in [6, 6.07) is 7.25. The normalized spacial score (nSPS) is 21.4. The highest BCUT2D eigenvalue weighted by atomic mass is 16.5. The van der Waals surface area contributed by atoms with Gasteiger partial charge in [0.2, 0.25) is 11.8 Å². The molecule has 0 radical (unpaired) electrons. The van der Waals surface area contributed by atoms with Crippen molar-refractivity contribution >= 4 is 23.2 Å². The number of rotatable bonds is 5. The van der Waals surface area contributed by atoms with Crippen LogP contribution < -0.4 is 10.6 Å². The summed E-state index contributed by atoms with van der Waals surface area (Å²) in [5.74, 6) is -0.0555. The smallest absolute Gasteiger partial charge is 0.238 e. The number of nitrogens with one attached hydrogen (secondary N) is 2. The largest absolute Gasteiger partial charge is 0.381 e. The number of ether oxygens (including phenoxy) is 1. The van der Waals surface area contributed by atoms with Crippen LogP contribution in [0.2, 0.25) is 0 Å². The number of hydrogen-bond donors (Lipinski definition) is 2. The first-order valence-electron chi connectivity index (χ1n) is 8.71. The molecule has 0 saturated carbocycles. The summed E-state index contributed by atoms with van der Waals surface area (Å²) in [6.45, 7) is 3.60. The predicted octanol–water partition coefficient (Wildman–Crippen LogP) is 2.09. The second-order valence-corrected chi connectivity index (χ2v) is 6.51. The lowest BCUT2D eigenvalue weighted by Crippen LogP contribution is -2.36. The van der Waals surface area contributed by atoms with Crippen molar-refractivity contribution < 1.29 is 14.3 Å². The molecule has 0 spiro atoms. The minimum absolute atomic E-state index is 0.00520. The van der Waals surface area contributed by atoms with Crippen molar-refractivity contribution in [2.75, 3.05) is 43.5 Å². The highest BCUT2D eigenvalue weighted by molar-refractivity contribution is 5.94. The number of hydrogen-bond acceptors (Lipinski definition) is 4. The van der Waals surface area contributed by atoms with Crippen LogP contribution in [-0.2, 0) is 14.3 Å². The van der Waals surface area contributed by atoms with E-state index < -0.39 is 0 Å². The fourth-order valence-electron chi connectivity index (χ4n) is 3.14. The van der Waals surface area contributed by atoms with Gasteiger partial charge in [0.05, 0.1) is 19.1 Å². The number of nitrogens with zero attached hydrogens (tertiary/aromatic N) is 1. The molecule has 2 saturated heterocycles. The van der Waals surface area contributed by atoms with Crippen molar-refractivity contribution in [1.82, 2.24) is 4.90 Å². The van der Waals surface area contributed by atoms with E-state index in [4.69, 9.17) is 4.74 Å². The molecule has 130 valence electrons. The molecule has 2 amide bonds. The first-order valence-corrected chi connectivity index (χ1v) is 8.71. The molecule has 3 rings (SSSR count). The topological polar surface area (TPSA) is 70.7 Å². The van der Waals surface area contributed by atoms with Crippen LogP contribution in [0, 0.1) is 5.92 Å². The Labute approximate surface area is 142 Å². The molecule has 6 nitrogen and oxygen atoms in total. The SMILES string of the molecule is O=C(CN1CCCCC1)Nc1ccc(NC(=O)C2CCOC2)cc1. The van der Waals surface area contributed by atoms with Gasteiger partial charge in [0.1, 0.15) is 0 Å². The minimum Gasteiger partial charge on any atom is -0.381 e. The molecular weight excluding hydrogens is 306 g/mol. The molecule has 6 heteroatoms. The zero-order chi connectivity index (χ0) is 16.8. The van der Waals surface area contributed by atoms with Crippen LogP contribution in [0.15, 0.2) is 24.3 Å². The van der Waals surface area contributed by atoms with Crippen molar-refractivity contribution in [3.63, 3.8) is 0 Å². The number of carbonyl (C=O) groups is 2. The lowest BCUT2D eigenvalue weighted by atomic mass is 10.1. The van der Waals surface area contributed by atoms with Crippen LogP contribution in [0.3, 0.4) is 0 Å². The van der Waals surface area contributed by atoms with Crippen LogP contribution in [0.1, 0.15) is 25.7 Å². The summed E-state index contributed by atoms with van der Waals surface area (Å²) in [4.78, 5) is 26.3. The average Bonchev–Trinajstić information content (AvgIpc) is 3.12. The monoisotopic (exact) mass is 331 g/mol. The van der Waals surface area contributed by atoms with E-state index in [0.717, 1.165) is 30.9 Å². The molecule has 1 unspecified atom stereocenters. The Kier molecular flexibility index (Phi) is 5.82. The van der Waals surface area contributed by atoms with E-state index in [0.29, 0.717) is 19.8 Å². The number of benzene rings is 1. The van der Waals surface area contributed by atoms with Crippen molar-refractivity contribution in [2.45, 2.75) is 25.7 Å². The molecule has 2 N–H and O–H groups in total. The van der Waals surface area contributed by atoms with Gasteiger partial charge in [-0.05, 0) is 56.6 Å². The summed E-state index contributed by atoms with van der Waals surface area (Å²) in [7, 11) is 0.